The predicted molar refractivity (Wildman–Crippen MR) is 85.8 cm³/mol. The van der Waals surface area contributed by atoms with Gasteiger partial charge in [0, 0.05) is 0 Å². The van der Waals surface area contributed by atoms with Gasteiger partial charge >= 0.3 is 5.97 Å². The lowest BCUT2D eigenvalue weighted by molar-refractivity contribution is -0.123. The van der Waals surface area contributed by atoms with E-state index in [0.717, 1.165) is 5.56 Å². The number of carbonyl (C=O) groups is 2. The number of hydrogen-bond acceptors (Lipinski definition) is 4. The molecule has 0 atom stereocenters. The maximum atomic E-state index is 11.6. The molecule has 2 rings (SSSR count). The average molecular weight is 312 g/mol. The highest BCUT2D eigenvalue weighted by Crippen LogP contribution is 2.15. The number of para-hydroxylation sites is 1. The number of nitrogens with one attached hydrogen (secondary N) is 1. The maximum Gasteiger partial charge on any atom is 0.335 e. The minimum atomic E-state index is -0.991. The molecular formula is C17H16N2O4. The van der Waals surface area contributed by atoms with Gasteiger partial charge in [-0.1, -0.05) is 30.3 Å². The molecule has 0 aliphatic heterocycles. The Morgan fingerprint density at radius 2 is 1.87 bits per heavy atom. The molecular weight excluding hydrogens is 296 g/mol. The third-order valence-corrected chi connectivity index (χ3v) is 3.01. The molecule has 2 N–H and O–H groups in total. The zero-order valence-corrected chi connectivity index (χ0v) is 12.5. The summed E-state index contributed by atoms with van der Waals surface area (Å²) >= 11 is 0. The Hall–Kier alpha value is -3.15. The lowest BCUT2D eigenvalue weighted by Gasteiger charge is -2.07. The van der Waals surface area contributed by atoms with Crippen molar-refractivity contribution in [3.8, 4) is 5.75 Å². The second-order valence-corrected chi connectivity index (χ2v) is 4.77. The Kier molecular flexibility index (Phi) is 5.46. The van der Waals surface area contributed by atoms with Gasteiger partial charge in [-0.3, -0.25) is 4.79 Å². The molecule has 23 heavy (non-hydrogen) atoms. The van der Waals surface area contributed by atoms with Crippen molar-refractivity contribution in [1.29, 1.82) is 0 Å². The molecule has 0 aliphatic carbocycles. The summed E-state index contributed by atoms with van der Waals surface area (Å²) in [6.45, 7) is 1.76. The molecule has 0 saturated heterocycles. The first-order valence-electron chi connectivity index (χ1n) is 6.90. The van der Waals surface area contributed by atoms with Crippen molar-refractivity contribution in [1.82, 2.24) is 5.43 Å². The van der Waals surface area contributed by atoms with Crippen molar-refractivity contribution in [3.05, 3.63) is 65.2 Å². The lowest BCUT2D eigenvalue weighted by atomic mass is 10.1. The number of aromatic carboxylic acids is 1. The van der Waals surface area contributed by atoms with Gasteiger partial charge in [-0.05, 0) is 36.2 Å². The highest BCUT2D eigenvalue weighted by Gasteiger charge is 2.03. The Morgan fingerprint density at radius 3 is 2.52 bits per heavy atom. The summed E-state index contributed by atoms with van der Waals surface area (Å²) in [6.07, 6.45) is 1.43. The molecule has 0 aliphatic rings. The zero-order chi connectivity index (χ0) is 16.7. The Bertz CT molecular complexity index is 724. The molecule has 118 valence electrons. The second kappa shape index (κ2) is 7.74. The van der Waals surface area contributed by atoms with E-state index in [4.69, 9.17) is 9.84 Å². The molecule has 0 saturated carbocycles. The van der Waals surface area contributed by atoms with Crippen LogP contribution in [0.1, 0.15) is 21.5 Å². The average Bonchev–Trinajstić information content (AvgIpc) is 2.54. The summed E-state index contributed by atoms with van der Waals surface area (Å²) in [6, 6.07) is 13.5. The van der Waals surface area contributed by atoms with E-state index >= 15 is 0 Å². The van der Waals surface area contributed by atoms with E-state index in [1.165, 1.54) is 18.3 Å². The molecule has 0 unspecified atom stereocenters. The normalized spacial score (nSPS) is 10.5. The first kappa shape index (κ1) is 16.2. The third kappa shape index (κ3) is 4.96. The number of carboxylic acid groups (broad SMARTS) is 1. The summed E-state index contributed by atoms with van der Waals surface area (Å²) in [4.78, 5) is 22.4. The minimum Gasteiger partial charge on any atom is -0.483 e. The fourth-order valence-corrected chi connectivity index (χ4v) is 1.78. The van der Waals surface area contributed by atoms with Gasteiger partial charge in [0.05, 0.1) is 11.8 Å². The Labute approximate surface area is 133 Å². The molecule has 0 radical (unpaired) electrons. The summed E-state index contributed by atoms with van der Waals surface area (Å²) < 4.78 is 5.39. The van der Waals surface area contributed by atoms with Crippen LogP contribution in [0.3, 0.4) is 0 Å². The smallest absolute Gasteiger partial charge is 0.335 e. The van der Waals surface area contributed by atoms with E-state index in [-0.39, 0.29) is 18.1 Å². The highest BCUT2D eigenvalue weighted by atomic mass is 16.5. The Morgan fingerprint density at radius 1 is 1.17 bits per heavy atom. The van der Waals surface area contributed by atoms with Crippen molar-refractivity contribution in [2.75, 3.05) is 6.61 Å². The number of aryl methyl sites for hydroxylation is 1. The molecule has 2 aromatic carbocycles. The molecule has 6 nitrogen and oxygen atoms in total. The van der Waals surface area contributed by atoms with Crippen LogP contribution >= 0.6 is 0 Å². The number of ether oxygens (including phenoxy) is 1. The molecule has 1 amide bonds. The summed E-state index contributed by atoms with van der Waals surface area (Å²) in [5, 5.41) is 12.6. The van der Waals surface area contributed by atoms with Crippen LogP contribution in [0.2, 0.25) is 0 Å². The van der Waals surface area contributed by atoms with Crippen LogP contribution in [0, 0.1) is 6.92 Å². The number of benzene rings is 2. The summed E-state index contributed by atoms with van der Waals surface area (Å²) in [5.41, 5.74) is 4.16. The number of carboxylic acids is 1. The van der Waals surface area contributed by atoms with Crippen molar-refractivity contribution in [2.45, 2.75) is 6.92 Å². The molecule has 0 spiro atoms. The van der Waals surface area contributed by atoms with Gasteiger partial charge in [-0.25, -0.2) is 10.2 Å². The maximum absolute atomic E-state index is 11.6. The fraction of sp³-hybridized carbons (Fsp3) is 0.118. The summed E-state index contributed by atoms with van der Waals surface area (Å²) in [7, 11) is 0. The molecule has 0 aromatic heterocycles. The van der Waals surface area contributed by atoms with E-state index in [2.05, 4.69) is 10.5 Å². The van der Waals surface area contributed by atoms with E-state index in [0.29, 0.717) is 11.3 Å². The van der Waals surface area contributed by atoms with Crippen molar-refractivity contribution in [3.63, 3.8) is 0 Å². The van der Waals surface area contributed by atoms with Crippen LogP contribution in [-0.2, 0) is 4.79 Å². The highest BCUT2D eigenvalue weighted by molar-refractivity contribution is 5.89. The second-order valence-electron chi connectivity index (χ2n) is 4.77. The van der Waals surface area contributed by atoms with Crippen LogP contribution in [0.5, 0.6) is 5.75 Å². The zero-order valence-electron chi connectivity index (χ0n) is 12.5. The van der Waals surface area contributed by atoms with Crippen LogP contribution in [0.25, 0.3) is 0 Å². The van der Waals surface area contributed by atoms with Gasteiger partial charge in [0.2, 0.25) is 0 Å². The number of rotatable bonds is 6. The minimum absolute atomic E-state index is 0.139. The van der Waals surface area contributed by atoms with Crippen LogP contribution in [0.4, 0.5) is 0 Å². The number of hydrazone groups is 1. The quantitative estimate of drug-likeness (QED) is 0.632. The van der Waals surface area contributed by atoms with E-state index < -0.39 is 5.97 Å². The van der Waals surface area contributed by atoms with Crippen molar-refractivity contribution >= 4 is 18.1 Å². The standard InChI is InChI=1S/C17H16N2O4/c1-12-4-2-3-5-15(12)23-11-16(20)19-18-10-13-6-8-14(9-7-13)17(21)22/h2-10H,11H2,1H3,(H,19,20)(H,21,22). The van der Waals surface area contributed by atoms with Crippen molar-refractivity contribution in [2.24, 2.45) is 5.10 Å². The summed E-state index contributed by atoms with van der Waals surface area (Å²) in [5.74, 6) is -0.724. The van der Waals surface area contributed by atoms with Crippen LogP contribution in [-0.4, -0.2) is 29.8 Å². The molecule has 0 bridgehead atoms. The van der Waals surface area contributed by atoms with Gasteiger partial charge < -0.3 is 9.84 Å². The topological polar surface area (TPSA) is 88.0 Å². The van der Waals surface area contributed by atoms with Gasteiger partial charge in [-0.2, -0.15) is 5.10 Å². The third-order valence-electron chi connectivity index (χ3n) is 3.01. The molecule has 0 fully saturated rings. The van der Waals surface area contributed by atoms with Crippen LogP contribution < -0.4 is 10.2 Å². The Balaban J connectivity index is 1.82. The number of carbonyl (C=O) groups excluding carboxylic acids is 1. The lowest BCUT2D eigenvalue weighted by Crippen LogP contribution is -2.24. The van der Waals surface area contributed by atoms with Crippen molar-refractivity contribution < 1.29 is 19.4 Å². The van der Waals surface area contributed by atoms with Crippen LogP contribution in [0.15, 0.2) is 53.6 Å². The molecule has 2 aromatic rings. The van der Waals surface area contributed by atoms with E-state index in [1.54, 1.807) is 18.2 Å². The van der Waals surface area contributed by atoms with Gasteiger partial charge in [-0.15, -0.1) is 0 Å². The fourth-order valence-electron chi connectivity index (χ4n) is 1.78. The molecule has 6 heteroatoms. The largest absolute Gasteiger partial charge is 0.483 e. The van der Waals surface area contributed by atoms with E-state index in [9.17, 15) is 9.59 Å². The molecule has 0 heterocycles. The van der Waals surface area contributed by atoms with Gasteiger partial charge in [0.15, 0.2) is 6.61 Å². The monoisotopic (exact) mass is 312 g/mol. The SMILES string of the molecule is Cc1ccccc1OCC(=O)NN=Cc1ccc(C(=O)O)cc1. The number of amides is 1. The first-order chi connectivity index (χ1) is 11.1. The van der Waals surface area contributed by atoms with Gasteiger partial charge in [0.25, 0.3) is 5.91 Å². The van der Waals surface area contributed by atoms with E-state index in [1.807, 2.05) is 25.1 Å². The first-order valence-corrected chi connectivity index (χ1v) is 6.90. The predicted octanol–water partition coefficient (Wildman–Crippen LogP) is 2.22. The number of hydrogen-bond donors (Lipinski definition) is 2. The number of nitrogens with zero attached hydrogens (tertiary/aromatic N) is 1. The van der Waals surface area contributed by atoms with Gasteiger partial charge in [0.1, 0.15) is 5.75 Å².